The molecule has 2 aromatic carbocycles. The molecule has 1 aromatic heterocycles. The Bertz CT molecular complexity index is 1250. The van der Waals surface area contributed by atoms with Gasteiger partial charge in [0.25, 0.3) is 5.56 Å². The Morgan fingerprint density at radius 2 is 1.72 bits per heavy atom. The summed E-state index contributed by atoms with van der Waals surface area (Å²) in [6.45, 7) is 3.91. The van der Waals surface area contributed by atoms with Crippen LogP contribution in [0.2, 0.25) is 0 Å². The van der Waals surface area contributed by atoms with E-state index < -0.39 is 5.97 Å². The summed E-state index contributed by atoms with van der Waals surface area (Å²) >= 11 is 0. The van der Waals surface area contributed by atoms with E-state index >= 15 is 0 Å². The van der Waals surface area contributed by atoms with Gasteiger partial charge in [0.1, 0.15) is 11.5 Å². The Kier molecular flexibility index (Phi) is 6.80. The average molecular weight is 431 g/mol. The average Bonchev–Trinajstić information content (AvgIpc) is 2.76. The highest BCUT2D eigenvalue weighted by atomic mass is 16.5. The van der Waals surface area contributed by atoms with Gasteiger partial charge in [-0.1, -0.05) is 12.1 Å². The zero-order valence-corrected chi connectivity index (χ0v) is 17.9. The van der Waals surface area contributed by atoms with Crippen molar-refractivity contribution in [3.8, 4) is 11.5 Å². The summed E-state index contributed by atoms with van der Waals surface area (Å²) in [5, 5.41) is 9.38. The lowest BCUT2D eigenvalue weighted by Gasteiger charge is -2.14. The van der Waals surface area contributed by atoms with E-state index in [-0.39, 0.29) is 17.7 Å². The van der Waals surface area contributed by atoms with E-state index in [4.69, 9.17) is 16.2 Å². The lowest BCUT2D eigenvalue weighted by molar-refractivity contribution is 0.0696. The minimum atomic E-state index is -1.06. The van der Waals surface area contributed by atoms with E-state index in [1.54, 1.807) is 66.2 Å². The summed E-state index contributed by atoms with van der Waals surface area (Å²) in [7, 11) is 0. The Morgan fingerprint density at radius 3 is 2.38 bits per heavy atom. The second kappa shape index (κ2) is 9.70. The van der Waals surface area contributed by atoms with Crippen LogP contribution in [0.25, 0.3) is 5.70 Å². The van der Waals surface area contributed by atoms with Gasteiger partial charge < -0.3 is 25.9 Å². The van der Waals surface area contributed by atoms with Crippen LogP contribution < -0.4 is 21.8 Å². The number of allylic oxidation sites excluding steroid dienone is 3. The number of aryl methyl sites for hydroxylation is 1. The van der Waals surface area contributed by atoms with Crippen LogP contribution in [0, 0.1) is 6.92 Å². The number of carboxylic acids is 1. The standard InChI is InChI=1S/C25H25N3O4/c1-16-3-12-24(29)28(14-16)15-20-6-5-19(25(30)31)13-23(20)32-21-9-7-18(8-10-21)22(27)11-4-17(2)26/h3-14H,15,26-27H2,1-2H3,(H,30,31)/b17-4-,22-11-. The van der Waals surface area contributed by atoms with E-state index in [0.717, 1.165) is 11.1 Å². The molecule has 0 saturated carbocycles. The van der Waals surface area contributed by atoms with Crippen LogP contribution in [0.1, 0.15) is 34.0 Å². The third-order valence-corrected chi connectivity index (χ3v) is 4.73. The molecule has 3 aromatic rings. The molecule has 1 heterocycles. The molecule has 0 aliphatic carbocycles. The number of aromatic nitrogens is 1. The van der Waals surface area contributed by atoms with Gasteiger partial charge in [0, 0.05) is 29.2 Å². The molecule has 0 aliphatic heterocycles. The Hall–Kier alpha value is -4.26. The number of ether oxygens (including phenoxy) is 1. The van der Waals surface area contributed by atoms with Gasteiger partial charge in [-0.05, 0) is 73.5 Å². The van der Waals surface area contributed by atoms with Crippen LogP contribution in [-0.4, -0.2) is 15.6 Å². The van der Waals surface area contributed by atoms with Crippen molar-refractivity contribution >= 4 is 11.7 Å². The summed E-state index contributed by atoms with van der Waals surface area (Å²) in [6, 6.07) is 14.9. The van der Waals surface area contributed by atoms with Crippen molar-refractivity contribution in [1.29, 1.82) is 0 Å². The third-order valence-electron chi connectivity index (χ3n) is 4.73. The van der Waals surface area contributed by atoms with Crippen LogP contribution >= 0.6 is 0 Å². The number of nitrogens with two attached hydrogens (primary N) is 2. The molecule has 0 amide bonds. The second-order valence-corrected chi connectivity index (χ2v) is 7.46. The Labute approximate surface area is 185 Å². The fourth-order valence-electron chi connectivity index (χ4n) is 3.03. The van der Waals surface area contributed by atoms with Crippen LogP contribution in [0.3, 0.4) is 0 Å². The van der Waals surface area contributed by atoms with Crippen LogP contribution in [-0.2, 0) is 6.54 Å². The predicted octanol–water partition coefficient (Wildman–Crippen LogP) is 3.86. The number of benzene rings is 2. The Balaban J connectivity index is 1.92. The first-order valence-electron chi connectivity index (χ1n) is 9.94. The Morgan fingerprint density at radius 1 is 1.03 bits per heavy atom. The number of aromatic carboxylic acids is 1. The zero-order chi connectivity index (χ0) is 23.3. The first kappa shape index (κ1) is 22.4. The van der Waals surface area contributed by atoms with Crippen LogP contribution in [0.4, 0.5) is 0 Å². The lowest BCUT2D eigenvalue weighted by atomic mass is 10.1. The number of pyridine rings is 1. The summed E-state index contributed by atoms with van der Waals surface area (Å²) in [6.07, 6.45) is 5.19. The van der Waals surface area contributed by atoms with E-state index in [1.807, 2.05) is 6.92 Å². The number of rotatable bonds is 7. The highest BCUT2D eigenvalue weighted by Gasteiger charge is 2.12. The maximum atomic E-state index is 12.2. The summed E-state index contributed by atoms with van der Waals surface area (Å²) in [5.41, 5.74) is 15.2. The van der Waals surface area contributed by atoms with Crippen molar-refractivity contribution < 1.29 is 14.6 Å². The van der Waals surface area contributed by atoms with Gasteiger partial charge in [-0.2, -0.15) is 0 Å². The molecule has 164 valence electrons. The lowest BCUT2D eigenvalue weighted by Crippen LogP contribution is -2.19. The molecular weight excluding hydrogens is 406 g/mol. The molecule has 32 heavy (non-hydrogen) atoms. The summed E-state index contributed by atoms with van der Waals surface area (Å²) in [4.78, 5) is 23.7. The highest BCUT2D eigenvalue weighted by Crippen LogP contribution is 2.28. The quantitative estimate of drug-likeness (QED) is 0.489. The van der Waals surface area contributed by atoms with Gasteiger partial charge in [0.05, 0.1) is 12.1 Å². The smallest absolute Gasteiger partial charge is 0.335 e. The van der Waals surface area contributed by atoms with Crippen LogP contribution in [0.15, 0.2) is 83.4 Å². The largest absolute Gasteiger partial charge is 0.478 e. The van der Waals surface area contributed by atoms with Gasteiger partial charge in [-0.25, -0.2) is 4.79 Å². The number of hydrogen-bond donors (Lipinski definition) is 3. The van der Waals surface area contributed by atoms with E-state index in [0.29, 0.717) is 28.5 Å². The fourth-order valence-corrected chi connectivity index (χ4v) is 3.03. The second-order valence-electron chi connectivity index (χ2n) is 7.46. The highest BCUT2D eigenvalue weighted by molar-refractivity contribution is 5.88. The van der Waals surface area contributed by atoms with Crippen molar-refractivity contribution in [2.24, 2.45) is 11.5 Å². The fraction of sp³-hybridized carbons (Fsp3) is 0.120. The number of hydrogen-bond acceptors (Lipinski definition) is 5. The van der Waals surface area contributed by atoms with Gasteiger partial charge in [-0.3, -0.25) is 4.79 Å². The molecule has 7 nitrogen and oxygen atoms in total. The third kappa shape index (κ3) is 5.66. The first-order valence-corrected chi connectivity index (χ1v) is 9.94. The zero-order valence-electron chi connectivity index (χ0n) is 17.9. The van der Waals surface area contributed by atoms with Crippen LogP contribution in [0.5, 0.6) is 11.5 Å². The predicted molar refractivity (Wildman–Crippen MR) is 125 cm³/mol. The van der Waals surface area contributed by atoms with Crippen molar-refractivity contribution in [1.82, 2.24) is 4.57 Å². The van der Waals surface area contributed by atoms with Crippen molar-refractivity contribution in [2.75, 3.05) is 0 Å². The number of nitrogens with zero attached hydrogens (tertiary/aromatic N) is 1. The molecule has 0 atom stereocenters. The molecular formula is C25H25N3O4. The van der Waals surface area contributed by atoms with E-state index in [9.17, 15) is 14.7 Å². The molecule has 5 N–H and O–H groups in total. The molecule has 0 unspecified atom stereocenters. The van der Waals surface area contributed by atoms with Gasteiger partial charge in [0.2, 0.25) is 0 Å². The molecule has 3 rings (SSSR count). The summed E-state index contributed by atoms with van der Waals surface area (Å²) in [5.74, 6) is -0.200. The maximum Gasteiger partial charge on any atom is 0.335 e. The number of carboxylic acid groups (broad SMARTS) is 1. The molecule has 0 fully saturated rings. The van der Waals surface area contributed by atoms with Crippen molar-refractivity contribution in [2.45, 2.75) is 20.4 Å². The molecule has 0 radical (unpaired) electrons. The van der Waals surface area contributed by atoms with Gasteiger partial charge in [-0.15, -0.1) is 0 Å². The minimum Gasteiger partial charge on any atom is -0.478 e. The minimum absolute atomic E-state index is 0.0908. The normalized spacial score (nSPS) is 11.9. The van der Waals surface area contributed by atoms with Crippen molar-refractivity contribution in [3.63, 3.8) is 0 Å². The summed E-state index contributed by atoms with van der Waals surface area (Å²) < 4.78 is 7.56. The van der Waals surface area contributed by atoms with E-state index in [1.165, 1.54) is 18.2 Å². The first-order chi connectivity index (χ1) is 15.2. The van der Waals surface area contributed by atoms with Gasteiger partial charge in [0.15, 0.2) is 0 Å². The molecule has 0 saturated heterocycles. The topological polar surface area (TPSA) is 121 Å². The molecule has 0 bridgehead atoms. The number of carbonyl (C=O) groups is 1. The SMILES string of the molecule is C/C(N)=C/C=C(\N)c1ccc(Oc2cc(C(=O)O)ccc2Cn2cc(C)ccc2=O)cc1. The maximum absolute atomic E-state index is 12.2. The van der Waals surface area contributed by atoms with Crippen molar-refractivity contribution in [3.05, 3.63) is 111 Å². The monoisotopic (exact) mass is 431 g/mol. The molecule has 7 heteroatoms. The molecule has 0 spiro atoms. The molecule has 0 aliphatic rings. The van der Waals surface area contributed by atoms with Gasteiger partial charge >= 0.3 is 5.97 Å². The van der Waals surface area contributed by atoms with E-state index in [2.05, 4.69) is 0 Å².